The molecular weight excluding hydrogens is 373 g/mol. The van der Waals surface area contributed by atoms with Gasteiger partial charge in [0.15, 0.2) is 5.95 Å². The normalized spacial score (nSPS) is 12.2. The zero-order chi connectivity index (χ0) is 18.3. The lowest BCUT2D eigenvalue weighted by molar-refractivity contribution is 0.262. The number of nitrogens with zero attached hydrogens (tertiary/aromatic N) is 1. The fraction of sp³-hybridized carbons (Fsp3) is 0.111. The highest BCUT2D eigenvalue weighted by Gasteiger charge is 2.20. The van der Waals surface area contributed by atoms with Crippen molar-refractivity contribution in [2.24, 2.45) is 0 Å². The monoisotopic (exact) mass is 387 g/mol. The van der Waals surface area contributed by atoms with Gasteiger partial charge in [0.25, 0.3) is 0 Å². The van der Waals surface area contributed by atoms with E-state index in [9.17, 15) is 4.79 Å². The third-order valence-corrected chi connectivity index (χ3v) is 4.98. The molecule has 1 aliphatic rings. The molecule has 1 aliphatic carbocycles. The molecule has 6 nitrogen and oxygen atoms in total. The van der Waals surface area contributed by atoms with Gasteiger partial charge in [-0.3, -0.25) is 0 Å². The Hall–Kier alpha value is -2.70. The molecule has 0 radical (unpaired) electrons. The Morgan fingerprint density at radius 1 is 1.04 bits per heavy atom. The van der Waals surface area contributed by atoms with E-state index in [1.165, 1.54) is 5.56 Å². The van der Waals surface area contributed by atoms with Crippen LogP contribution in [0.2, 0.25) is 10.0 Å². The molecule has 0 bridgehead atoms. The predicted molar refractivity (Wildman–Crippen MR) is 105 cm³/mol. The lowest BCUT2D eigenvalue weighted by Gasteiger charge is -2.17. The number of urea groups is 1. The van der Waals surface area contributed by atoms with Crippen molar-refractivity contribution in [3.05, 3.63) is 57.7 Å². The average molecular weight is 388 g/mol. The molecule has 8 heteroatoms. The van der Waals surface area contributed by atoms with Gasteiger partial charge in [-0.15, -0.1) is 0 Å². The smallest absolute Gasteiger partial charge is 0.323 e. The van der Waals surface area contributed by atoms with Gasteiger partial charge in [-0.1, -0.05) is 29.3 Å². The number of anilines is 3. The predicted octanol–water partition coefficient (Wildman–Crippen LogP) is 4.71. The minimum absolute atomic E-state index is 0.372. The Morgan fingerprint density at radius 2 is 1.77 bits per heavy atom. The molecule has 3 aromatic rings. The van der Waals surface area contributed by atoms with Crippen molar-refractivity contribution in [2.45, 2.75) is 12.8 Å². The molecule has 0 fully saturated rings. The second kappa shape index (κ2) is 6.55. The standard InChI is InChI=1S/C18H15Cl2N5O/c19-13-5-4-11(8-14(13)20)23-18(26)22-10-3-1-9-2-6-15-16(12(9)7-10)25-17(21)24-15/h1,3-5,7-8H,2,6H2,(H3,21,24,25)(H2,22,23,26). The molecule has 26 heavy (non-hydrogen) atoms. The highest BCUT2D eigenvalue weighted by atomic mass is 35.5. The number of aryl methyl sites for hydroxylation is 2. The first kappa shape index (κ1) is 16.8. The summed E-state index contributed by atoms with van der Waals surface area (Å²) in [6.45, 7) is 0. The zero-order valence-electron chi connectivity index (χ0n) is 13.6. The highest BCUT2D eigenvalue weighted by molar-refractivity contribution is 6.42. The molecule has 5 N–H and O–H groups in total. The summed E-state index contributed by atoms with van der Waals surface area (Å²) in [4.78, 5) is 19.7. The third kappa shape index (κ3) is 3.21. The number of nitrogens with two attached hydrogens (primary N) is 1. The van der Waals surface area contributed by atoms with Crippen LogP contribution in [0.15, 0.2) is 36.4 Å². The lowest BCUT2D eigenvalue weighted by atomic mass is 9.92. The van der Waals surface area contributed by atoms with Crippen molar-refractivity contribution in [3.8, 4) is 11.3 Å². The Labute approximate surface area is 159 Å². The SMILES string of the molecule is Nc1nc2c([nH]1)-c1cc(NC(=O)Nc3ccc(Cl)c(Cl)c3)ccc1CC2. The largest absolute Gasteiger partial charge is 0.369 e. The van der Waals surface area contributed by atoms with Crippen LogP contribution in [0.25, 0.3) is 11.3 Å². The van der Waals surface area contributed by atoms with Gasteiger partial charge in [0.1, 0.15) is 0 Å². The van der Waals surface area contributed by atoms with Crippen LogP contribution < -0.4 is 16.4 Å². The van der Waals surface area contributed by atoms with Gasteiger partial charge in [0, 0.05) is 16.9 Å². The number of amides is 2. The lowest BCUT2D eigenvalue weighted by Crippen LogP contribution is -2.19. The summed E-state index contributed by atoms with van der Waals surface area (Å²) >= 11 is 11.8. The molecule has 0 spiro atoms. The van der Waals surface area contributed by atoms with E-state index in [0.717, 1.165) is 29.8 Å². The molecular formula is C18H15Cl2N5O. The Bertz CT molecular complexity index is 1010. The van der Waals surface area contributed by atoms with Crippen LogP contribution in [-0.2, 0) is 12.8 Å². The fourth-order valence-electron chi connectivity index (χ4n) is 3.06. The van der Waals surface area contributed by atoms with E-state index >= 15 is 0 Å². The van der Waals surface area contributed by atoms with Crippen molar-refractivity contribution in [2.75, 3.05) is 16.4 Å². The number of carbonyl (C=O) groups excluding carboxylic acids is 1. The number of nitrogens with one attached hydrogen (secondary N) is 3. The average Bonchev–Trinajstić information content (AvgIpc) is 2.99. The van der Waals surface area contributed by atoms with Gasteiger partial charge in [0.05, 0.1) is 21.4 Å². The van der Waals surface area contributed by atoms with E-state index in [2.05, 4.69) is 20.6 Å². The quantitative estimate of drug-likeness (QED) is 0.512. The fourth-order valence-corrected chi connectivity index (χ4v) is 3.36. The molecule has 0 atom stereocenters. The second-order valence-electron chi connectivity index (χ2n) is 6.02. The number of rotatable bonds is 2. The van der Waals surface area contributed by atoms with Crippen LogP contribution in [-0.4, -0.2) is 16.0 Å². The number of imidazole rings is 1. The second-order valence-corrected chi connectivity index (χ2v) is 6.84. The molecule has 1 heterocycles. The van der Waals surface area contributed by atoms with E-state index in [-0.39, 0.29) is 6.03 Å². The Kier molecular flexibility index (Phi) is 4.22. The van der Waals surface area contributed by atoms with E-state index < -0.39 is 0 Å². The maximum Gasteiger partial charge on any atom is 0.323 e. The van der Waals surface area contributed by atoms with Gasteiger partial charge in [0.2, 0.25) is 0 Å². The van der Waals surface area contributed by atoms with E-state index in [4.69, 9.17) is 28.9 Å². The molecule has 2 amide bonds. The number of nitrogen functional groups attached to an aromatic ring is 1. The summed E-state index contributed by atoms with van der Waals surface area (Å²) in [7, 11) is 0. The molecule has 0 saturated heterocycles. The molecule has 132 valence electrons. The van der Waals surface area contributed by atoms with Crippen LogP contribution in [0, 0.1) is 0 Å². The maximum atomic E-state index is 12.3. The highest BCUT2D eigenvalue weighted by Crippen LogP contribution is 2.34. The third-order valence-electron chi connectivity index (χ3n) is 4.24. The zero-order valence-corrected chi connectivity index (χ0v) is 15.1. The number of carbonyl (C=O) groups is 1. The van der Waals surface area contributed by atoms with E-state index in [1.54, 1.807) is 18.2 Å². The van der Waals surface area contributed by atoms with Gasteiger partial charge < -0.3 is 21.4 Å². The number of hydrogen-bond donors (Lipinski definition) is 4. The summed E-state index contributed by atoms with van der Waals surface area (Å²) in [5.41, 5.74) is 11.1. The Balaban J connectivity index is 1.54. The first-order valence-corrected chi connectivity index (χ1v) is 8.76. The maximum absolute atomic E-state index is 12.3. The summed E-state index contributed by atoms with van der Waals surface area (Å²) in [5.74, 6) is 0.401. The summed E-state index contributed by atoms with van der Waals surface area (Å²) < 4.78 is 0. The molecule has 1 aromatic heterocycles. The number of aromatic nitrogens is 2. The number of H-pyrrole nitrogens is 1. The van der Waals surface area contributed by atoms with Crippen LogP contribution in [0.3, 0.4) is 0 Å². The van der Waals surface area contributed by atoms with Crippen LogP contribution in [0.5, 0.6) is 0 Å². The number of aromatic amines is 1. The van der Waals surface area contributed by atoms with Crippen LogP contribution in [0.4, 0.5) is 22.1 Å². The number of halogens is 2. The van der Waals surface area contributed by atoms with Crippen molar-refractivity contribution >= 4 is 46.6 Å². The number of hydrogen-bond acceptors (Lipinski definition) is 3. The summed E-state index contributed by atoms with van der Waals surface area (Å²) in [6, 6.07) is 10.3. The van der Waals surface area contributed by atoms with Crippen molar-refractivity contribution in [1.29, 1.82) is 0 Å². The van der Waals surface area contributed by atoms with Crippen molar-refractivity contribution < 1.29 is 4.79 Å². The van der Waals surface area contributed by atoms with Gasteiger partial charge in [-0.05, 0) is 48.7 Å². The van der Waals surface area contributed by atoms with Gasteiger partial charge >= 0.3 is 6.03 Å². The first-order valence-electron chi connectivity index (χ1n) is 8.00. The summed E-state index contributed by atoms with van der Waals surface area (Å²) in [6.07, 6.45) is 1.74. The van der Waals surface area contributed by atoms with Gasteiger partial charge in [-0.25, -0.2) is 9.78 Å². The molecule has 4 rings (SSSR count). The first-order chi connectivity index (χ1) is 12.5. The minimum Gasteiger partial charge on any atom is -0.369 e. The molecule has 0 saturated carbocycles. The van der Waals surface area contributed by atoms with E-state index in [0.29, 0.717) is 27.4 Å². The van der Waals surface area contributed by atoms with Crippen molar-refractivity contribution in [1.82, 2.24) is 9.97 Å². The molecule has 0 aliphatic heterocycles. The van der Waals surface area contributed by atoms with Gasteiger partial charge in [-0.2, -0.15) is 0 Å². The van der Waals surface area contributed by atoms with Crippen molar-refractivity contribution in [3.63, 3.8) is 0 Å². The number of fused-ring (bicyclic) bond motifs is 3. The Morgan fingerprint density at radius 3 is 2.54 bits per heavy atom. The van der Waals surface area contributed by atoms with Crippen LogP contribution >= 0.6 is 23.2 Å². The van der Waals surface area contributed by atoms with Crippen LogP contribution in [0.1, 0.15) is 11.3 Å². The molecule has 0 unspecified atom stereocenters. The van der Waals surface area contributed by atoms with E-state index in [1.807, 2.05) is 18.2 Å². The molecule has 2 aromatic carbocycles. The summed E-state index contributed by atoms with van der Waals surface area (Å²) in [5, 5.41) is 6.36. The number of benzene rings is 2. The minimum atomic E-state index is -0.372. The topological polar surface area (TPSA) is 95.8 Å².